The minimum absolute atomic E-state index is 0.145. The number of aryl methyl sites for hydroxylation is 1. The van der Waals surface area contributed by atoms with Crippen LogP contribution in [0.3, 0.4) is 0 Å². The molecule has 1 saturated heterocycles. The number of carbonyl (C=O) groups is 1. The molecule has 3 aromatic rings. The Hall–Kier alpha value is -2.65. The van der Waals surface area contributed by atoms with Gasteiger partial charge in [-0.2, -0.15) is 0 Å². The molecule has 3 heterocycles. The highest BCUT2D eigenvalue weighted by atomic mass is 32.2. The highest BCUT2D eigenvalue weighted by molar-refractivity contribution is 7.91. The number of hydrogen-bond acceptors (Lipinski definition) is 7. The number of furan rings is 1. The molecule has 8 nitrogen and oxygen atoms in total. The Morgan fingerprint density at radius 1 is 1.19 bits per heavy atom. The molecule has 1 aromatic carbocycles. The SMILES string of the molecule is Cc1c(CC(=O)N[C@H]2CS(=O)(=O)C[C@@H]2O)c(=O)oc2cc3occ(C(C)(C)C)c3cc12. The van der Waals surface area contributed by atoms with Crippen molar-refractivity contribution in [3.63, 3.8) is 0 Å². The number of aliphatic hydroxyl groups is 1. The monoisotopic (exact) mass is 447 g/mol. The molecule has 0 unspecified atom stereocenters. The molecule has 1 aliphatic heterocycles. The van der Waals surface area contributed by atoms with E-state index in [1.165, 1.54) is 0 Å². The van der Waals surface area contributed by atoms with Crippen LogP contribution in [0.15, 0.2) is 32.0 Å². The van der Waals surface area contributed by atoms with Gasteiger partial charge in [-0.1, -0.05) is 20.8 Å². The number of benzene rings is 1. The summed E-state index contributed by atoms with van der Waals surface area (Å²) in [5.74, 6) is -1.25. The lowest BCUT2D eigenvalue weighted by molar-refractivity contribution is -0.121. The van der Waals surface area contributed by atoms with Crippen LogP contribution in [-0.4, -0.2) is 43.1 Å². The molecule has 2 N–H and O–H groups in total. The Morgan fingerprint density at radius 3 is 2.52 bits per heavy atom. The van der Waals surface area contributed by atoms with Crippen molar-refractivity contribution in [3.8, 4) is 0 Å². The fraction of sp³-hybridized carbons (Fsp3) is 0.455. The van der Waals surface area contributed by atoms with E-state index in [0.29, 0.717) is 22.1 Å². The van der Waals surface area contributed by atoms with Gasteiger partial charge in [-0.05, 0) is 24.0 Å². The number of nitrogens with one attached hydrogen (secondary N) is 1. The Morgan fingerprint density at radius 2 is 1.90 bits per heavy atom. The third kappa shape index (κ3) is 3.99. The number of aliphatic hydroxyl groups excluding tert-OH is 1. The van der Waals surface area contributed by atoms with Crippen molar-refractivity contribution in [2.45, 2.75) is 51.7 Å². The van der Waals surface area contributed by atoms with Crippen LogP contribution in [-0.2, 0) is 26.5 Å². The zero-order valence-electron chi connectivity index (χ0n) is 17.8. The number of carbonyl (C=O) groups excluding carboxylic acids is 1. The zero-order chi connectivity index (χ0) is 22.7. The zero-order valence-corrected chi connectivity index (χ0v) is 18.6. The van der Waals surface area contributed by atoms with Crippen LogP contribution in [0.1, 0.15) is 37.5 Å². The van der Waals surface area contributed by atoms with E-state index in [1.54, 1.807) is 19.3 Å². The summed E-state index contributed by atoms with van der Waals surface area (Å²) in [6.07, 6.45) is 0.267. The van der Waals surface area contributed by atoms with E-state index in [2.05, 4.69) is 26.1 Å². The second kappa shape index (κ2) is 7.20. The van der Waals surface area contributed by atoms with E-state index in [-0.39, 0.29) is 28.9 Å². The lowest BCUT2D eigenvalue weighted by Crippen LogP contribution is -2.43. The number of hydrogen-bond donors (Lipinski definition) is 2. The van der Waals surface area contributed by atoms with E-state index in [1.807, 2.05) is 6.07 Å². The first-order valence-corrected chi connectivity index (χ1v) is 11.8. The van der Waals surface area contributed by atoms with E-state index in [4.69, 9.17) is 8.83 Å². The van der Waals surface area contributed by atoms with Gasteiger partial charge >= 0.3 is 5.63 Å². The van der Waals surface area contributed by atoms with Gasteiger partial charge in [0.2, 0.25) is 5.91 Å². The summed E-state index contributed by atoms with van der Waals surface area (Å²) < 4.78 is 34.4. The Labute approximate surface area is 179 Å². The summed E-state index contributed by atoms with van der Waals surface area (Å²) in [6.45, 7) is 7.98. The molecule has 31 heavy (non-hydrogen) atoms. The molecule has 0 saturated carbocycles. The van der Waals surface area contributed by atoms with Crippen LogP contribution in [0, 0.1) is 6.92 Å². The lowest BCUT2D eigenvalue weighted by atomic mass is 9.86. The van der Waals surface area contributed by atoms with E-state index >= 15 is 0 Å². The van der Waals surface area contributed by atoms with Crippen molar-refractivity contribution in [2.24, 2.45) is 0 Å². The summed E-state index contributed by atoms with van der Waals surface area (Å²) in [7, 11) is -3.39. The van der Waals surface area contributed by atoms with E-state index < -0.39 is 33.5 Å². The van der Waals surface area contributed by atoms with E-state index in [9.17, 15) is 23.1 Å². The Balaban J connectivity index is 1.70. The first kappa shape index (κ1) is 21.6. The molecule has 1 fully saturated rings. The van der Waals surface area contributed by atoms with Crippen molar-refractivity contribution >= 4 is 37.7 Å². The van der Waals surface area contributed by atoms with Gasteiger partial charge in [0.15, 0.2) is 9.84 Å². The molecule has 4 rings (SSSR count). The average Bonchev–Trinajstić information content (AvgIpc) is 3.16. The maximum absolute atomic E-state index is 12.6. The van der Waals surface area contributed by atoms with Gasteiger partial charge in [0, 0.05) is 22.4 Å². The summed E-state index contributed by atoms with van der Waals surface area (Å²) in [5, 5.41) is 14.0. The molecule has 2 aromatic heterocycles. The predicted molar refractivity (Wildman–Crippen MR) is 116 cm³/mol. The highest BCUT2D eigenvalue weighted by Crippen LogP contribution is 2.35. The van der Waals surface area contributed by atoms with Gasteiger partial charge in [-0.25, -0.2) is 13.2 Å². The van der Waals surface area contributed by atoms with Crippen molar-refractivity contribution in [2.75, 3.05) is 11.5 Å². The first-order valence-electron chi connectivity index (χ1n) is 10.0. The summed E-state index contributed by atoms with van der Waals surface area (Å²) >= 11 is 0. The fourth-order valence-electron chi connectivity index (χ4n) is 4.08. The molecule has 1 amide bonds. The van der Waals surface area contributed by atoms with Gasteiger partial charge in [0.25, 0.3) is 0 Å². The standard InChI is InChI=1S/C22H25NO7S/c1-11-12-5-14-15(22(2,3)4)8-29-18(14)7-19(12)30-21(26)13(11)6-20(25)23-16-9-31(27,28)10-17(16)24/h5,7-8,16-17,24H,6,9-10H2,1-4H3,(H,23,25)/t16-,17-/m0/s1. The van der Waals surface area contributed by atoms with Crippen molar-refractivity contribution in [1.82, 2.24) is 5.32 Å². The second-order valence-corrected chi connectivity index (χ2v) is 11.4. The van der Waals surface area contributed by atoms with Crippen molar-refractivity contribution in [3.05, 3.63) is 45.5 Å². The molecule has 9 heteroatoms. The van der Waals surface area contributed by atoms with Crippen LogP contribution in [0.4, 0.5) is 0 Å². The predicted octanol–water partition coefficient (Wildman–Crippen LogP) is 1.96. The van der Waals surface area contributed by atoms with Crippen LogP contribution >= 0.6 is 0 Å². The summed E-state index contributed by atoms with van der Waals surface area (Å²) in [5.41, 5.74) is 2.03. The van der Waals surface area contributed by atoms with Gasteiger partial charge in [-0.3, -0.25) is 4.79 Å². The number of sulfone groups is 1. The van der Waals surface area contributed by atoms with Gasteiger partial charge in [0.1, 0.15) is 11.2 Å². The van der Waals surface area contributed by atoms with Gasteiger partial charge < -0.3 is 19.3 Å². The Kier molecular flexibility index (Phi) is 5.01. The highest BCUT2D eigenvalue weighted by Gasteiger charge is 2.37. The van der Waals surface area contributed by atoms with Crippen molar-refractivity contribution in [1.29, 1.82) is 0 Å². The largest absolute Gasteiger partial charge is 0.464 e. The van der Waals surface area contributed by atoms with Gasteiger partial charge in [0.05, 0.1) is 41.9 Å². The second-order valence-electron chi connectivity index (χ2n) is 9.23. The number of amides is 1. The summed E-state index contributed by atoms with van der Waals surface area (Å²) in [4.78, 5) is 25.1. The lowest BCUT2D eigenvalue weighted by Gasteiger charge is -2.17. The molecule has 1 aliphatic rings. The molecule has 166 valence electrons. The minimum atomic E-state index is -3.39. The van der Waals surface area contributed by atoms with Crippen LogP contribution in [0.25, 0.3) is 21.9 Å². The summed E-state index contributed by atoms with van der Waals surface area (Å²) in [6, 6.07) is 2.70. The molecule has 0 bridgehead atoms. The van der Waals surface area contributed by atoms with Crippen LogP contribution in [0.5, 0.6) is 0 Å². The Bertz CT molecular complexity index is 1360. The number of fused-ring (bicyclic) bond motifs is 2. The van der Waals surface area contributed by atoms with Crippen LogP contribution < -0.4 is 10.9 Å². The minimum Gasteiger partial charge on any atom is -0.464 e. The van der Waals surface area contributed by atoms with Gasteiger partial charge in [-0.15, -0.1) is 0 Å². The molecule has 0 spiro atoms. The maximum Gasteiger partial charge on any atom is 0.340 e. The average molecular weight is 448 g/mol. The first-order chi connectivity index (χ1) is 14.4. The molecule has 0 radical (unpaired) electrons. The van der Waals surface area contributed by atoms with E-state index in [0.717, 1.165) is 10.9 Å². The number of rotatable bonds is 3. The third-order valence-electron chi connectivity index (χ3n) is 5.80. The van der Waals surface area contributed by atoms with Crippen molar-refractivity contribution < 1.29 is 27.2 Å². The molecule has 0 aliphatic carbocycles. The van der Waals surface area contributed by atoms with Crippen LogP contribution in [0.2, 0.25) is 0 Å². The molecular weight excluding hydrogens is 422 g/mol. The third-order valence-corrected chi connectivity index (χ3v) is 7.51. The molecule has 2 atom stereocenters. The maximum atomic E-state index is 12.6. The fourth-order valence-corrected chi connectivity index (χ4v) is 5.82. The topological polar surface area (TPSA) is 127 Å². The molecular formula is C22H25NO7S. The normalized spacial score (nSPS) is 21.1. The smallest absolute Gasteiger partial charge is 0.340 e. The quantitative estimate of drug-likeness (QED) is 0.588.